The summed E-state index contributed by atoms with van der Waals surface area (Å²) in [6, 6.07) is 66.1. The highest BCUT2D eigenvalue weighted by molar-refractivity contribution is 6.10. The molecule has 0 aliphatic carbocycles. The molecule has 2 heterocycles. The molecular formula is C48H31NO2. The van der Waals surface area contributed by atoms with Crippen LogP contribution in [-0.2, 0) is 0 Å². The van der Waals surface area contributed by atoms with Gasteiger partial charge in [0.1, 0.15) is 22.3 Å². The van der Waals surface area contributed by atoms with Gasteiger partial charge < -0.3 is 13.7 Å². The Labute approximate surface area is 295 Å². The van der Waals surface area contributed by atoms with Gasteiger partial charge in [0, 0.05) is 50.2 Å². The third-order valence-corrected chi connectivity index (χ3v) is 9.91. The van der Waals surface area contributed by atoms with Crippen molar-refractivity contribution in [2.75, 3.05) is 4.90 Å². The van der Waals surface area contributed by atoms with Crippen LogP contribution in [0.1, 0.15) is 0 Å². The molecular weight excluding hydrogens is 623 g/mol. The van der Waals surface area contributed by atoms with E-state index in [0.29, 0.717) is 0 Å². The molecule has 240 valence electrons. The highest BCUT2D eigenvalue weighted by atomic mass is 16.3. The van der Waals surface area contributed by atoms with Gasteiger partial charge in [0.05, 0.1) is 0 Å². The third kappa shape index (κ3) is 4.98. The fourth-order valence-electron chi connectivity index (χ4n) is 7.45. The van der Waals surface area contributed by atoms with Crippen LogP contribution in [0.5, 0.6) is 0 Å². The molecule has 10 rings (SSSR count). The van der Waals surface area contributed by atoms with E-state index in [1.807, 2.05) is 24.3 Å². The molecule has 0 bridgehead atoms. The number of fused-ring (bicyclic) bond motifs is 6. The van der Waals surface area contributed by atoms with Crippen LogP contribution in [0.3, 0.4) is 0 Å². The Hall–Kier alpha value is -6.84. The number of para-hydroxylation sites is 3. The number of hydrogen-bond donors (Lipinski definition) is 0. The van der Waals surface area contributed by atoms with Crippen molar-refractivity contribution in [2.24, 2.45) is 0 Å². The van der Waals surface area contributed by atoms with Gasteiger partial charge in [-0.2, -0.15) is 0 Å². The molecule has 2 aromatic heterocycles. The second kappa shape index (κ2) is 11.9. The van der Waals surface area contributed by atoms with E-state index < -0.39 is 0 Å². The normalized spacial score (nSPS) is 11.5. The van der Waals surface area contributed by atoms with Crippen LogP contribution in [-0.4, -0.2) is 0 Å². The molecule has 0 aliphatic rings. The Morgan fingerprint density at radius 1 is 0.294 bits per heavy atom. The van der Waals surface area contributed by atoms with E-state index in [1.165, 1.54) is 11.1 Å². The number of furan rings is 2. The summed E-state index contributed by atoms with van der Waals surface area (Å²) >= 11 is 0. The van der Waals surface area contributed by atoms with Gasteiger partial charge in [-0.15, -0.1) is 0 Å². The number of hydrogen-bond acceptors (Lipinski definition) is 3. The van der Waals surface area contributed by atoms with Crippen LogP contribution >= 0.6 is 0 Å². The lowest BCUT2D eigenvalue weighted by molar-refractivity contribution is 0.669. The van der Waals surface area contributed by atoms with E-state index in [9.17, 15) is 0 Å². The molecule has 0 atom stereocenters. The van der Waals surface area contributed by atoms with Gasteiger partial charge in [0.25, 0.3) is 0 Å². The molecule has 3 heteroatoms. The first kappa shape index (κ1) is 29.1. The third-order valence-electron chi connectivity index (χ3n) is 9.91. The van der Waals surface area contributed by atoms with Crippen LogP contribution in [0, 0.1) is 0 Å². The Morgan fingerprint density at radius 3 is 1.55 bits per heavy atom. The zero-order chi connectivity index (χ0) is 33.7. The SMILES string of the molecule is c1ccc(-c2ccc(N(c3ccc(-c4ccccc4-c4cccc5c4oc4ccccc45)cc3)c3ccc4c(c3)oc3ccccc34)cc2)cc1. The zero-order valence-electron chi connectivity index (χ0n) is 27.7. The van der Waals surface area contributed by atoms with Gasteiger partial charge in [0.2, 0.25) is 0 Å². The van der Waals surface area contributed by atoms with E-state index in [0.717, 1.165) is 83.2 Å². The van der Waals surface area contributed by atoms with Crippen LogP contribution in [0.25, 0.3) is 77.3 Å². The van der Waals surface area contributed by atoms with Crippen molar-refractivity contribution in [2.45, 2.75) is 0 Å². The summed E-state index contributed by atoms with van der Waals surface area (Å²) in [4.78, 5) is 2.30. The first-order valence-corrected chi connectivity index (χ1v) is 17.3. The van der Waals surface area contributed by atoms with Gasteiger partial charge in [-0.3, -0.25) is 0 Å². The lowest BCUT2D eigenvalue weighted by atomic mass is 9.93. The molecule has 0 radical (unpaired) electrons. The standard InChI is InChI=1S/C48H31NO2/c1-2-11-32(12-3-1)33-21-25-35(26-22-33)49(37-29-30-42-40-15-6-8-19-45(40)50-47(42)31-37)36-27-23-34(24-28-36)38-13-4-5-14-39(38)43-17-10-18-44-41-16-7-9-20-46(41)51-48(43)44/h1-31H. The van der Waals surface area contributed by atoms with Crippen LogP contribution in [0.15, 0.2) is 197 Å². The molecule has 0 aliphatic heterocycles. The van der Waals surface area contributed by atoms with Gasteiger partial charge in [0.15, 0.2) is 0 Å². The summed E-state index contributed by atoms with van der Waals surface area (Å²) in [5.74, 6) is 0. The van der Waals surface area contributed by atoms with Crippen molar-refractivity contribution in [1.82, 2.24) is 0 Å². The first-order valence-electron chi connectivity index (χ1n) is 17.3. The Kier molecular flexibility index (Phi) is 6.81. The summed E-state index contributed by atoms with van der Waals surface area (Å²) < 4.78 is 12.8. The molecule has 0 amide bonds. The van der Waals surface area contributed by atoms with E-state index in [2.05, 4.69) is 169 Å². The molecule has 0 unspecified atom stereocenters. The Morgan fingerprint density at radius 2 is 0.804 bits per heavy atom. The highest BCUT2D eigenvalue weighted by Crippen LogP contribution is 2.42. The maximum atomic E-state index is 6.45. The lowest BCUT2D eigenvalue weighted by Gasteiger charge is -2.26. The van der Waals surface area contributed by atoms with Crippen molar-refractivity contribution in [3.8, 4) is 33.4 Å². The first-order chi connectivity index (χ1) is 25.3. The van der Waals surface area contributed by atoms with Crippen molar-refractivity contribution in [3.05, 3.63) is 188 Å². The Bertz CT molecular complexity index is 2840. The Balaban J connectivity index is 1.08. The fourth-order valence-corrected chi connectivity index (χ4v) is 7.45. The van der Waals surface area contributed by atoms with Crippen LogP contribution in [0.4, 0.5) is 17.1 Å². The minimum Gasteiger partial charge on any atom is -0.456 e. The maximum Gasteiger partial charge on any atom is 0.143 e. The topological polar surface area (TPSA) is 29.5 Å². The number of nitrogens with zero attached hydrogens (tertiary/aromatic N) is 1. The van der Waals surface area contributed by atoms with Gasteiger partial charge >= 0.3 is 0 Å². The molecule has 10 aromatic rings. The second-order valence-corrected chi connectivity index (χ2v) is 12.9. The number of anilines is 3. The van der Waals surface area contributed by atoms with E-state index in [-0.39, 0.29) is 0 Å². The summed E-state index contributed by atoms with van der Waals surface area (Å²) in [6.07, 6.45) is 0. The van der Waals surface area contributed by atoms with E-state index in [4.69, 9.17) is 8.83 Å². The quantitative estimate of drug-likeness (QED) is 0.179. The van der Waals surface area contributed by atoms with Crippen LogP contribution < -0.4 is 4.90 Å². The zero-order valence-corrected chi connectivity index (χ0v) is 27.7. The predicted octanol–water partition coefficient (Wildman–Crippen LogP) is 14.0. The van der Waals surface area contributed by atoms with E-state index >= 15 is 0 Å². The van der Waals surface area contributed by atoms with Crippen molar-refractivity contribution in [1.29, 1.82) is 0 Å². The number of rotatable bonds is 6. The second-order valence-electron chi connectivity index (χ2n) is 12.9. The molecule has 0 spiro atoms. The molecule has 0 saturated carbocycles. The average molecular weight is 654 g/mol. The van der Waals surface area contributed by atoms with Crippen molar-refractivity contribution in [3.63, 3.8) is 0 Å². The fraction of sp³-hybridized carbons (Fsp3) is 0. The lowest BCUT2D eigenvalue weighted by Crippen LogP contribution is -2.09. The average Bonchev–Trinajstić information content (AvgIpc) is 3.77. The smallest absolute Gasteiger partial charge is 0.143 e. The summed E-state index contributed by atoms with van der Waals surface area (Å²) in [7, 11) is 0. The van der Waals surface area contributed by atoms with Gasteiger partial charge in [-0.05, 0) is 76.3 Å². The molecule has 3 nitrogen and oxygen atoms in total. The minimum atomic E-state index is 0.866. The van der Waals surface area contributed by atoms with Crippen molar-refractivity contribution < 1.29 is 8.83 Å². The summed E-state index contributed by atoms with van der Waals surface area (Å²) in [5.41, 5.74) is 13.6. The highest BCUT2D eigenvalue weighted by Gasteiger charge is 2.18. The largest absolute Gasteiger partial charge is 0.456 e. The molecule has 0 N–H and O–H groups in total. The molecule has 0 fully saturated rings. The van der Waals surface area contributed by atoms with Crippen molar-refractivity contribution >= 4 is 60.9 Å². The van der Waals surface area contributed by atoms with Gasteiger partial charge in [-0.25, -0.2) is 0 Å². The molecule has 8 aromatic carbocycles. The monoisotopic (exact) mass is 653 g/mol. The molecule has 0 saturated heterocycles. The number of benzene rings is 8. The van der Waals surface area contributed by atoms with Gasteiger partial charge in [-0.1, -0.05) is 133 Å². The predicted molar refractivity (Wildman–Crippen MR) is 212 cm³/mol. The summed E-state index contributed by atoms with van der Waals surface area (Å²) in [6.45, 7) is 0. The molecule has 51 heavy (non-hydrogen) atoms. The maximum absolute atomic E-state index is 6.45. The minimum absolute atomic E-state index is 0.866. The van der Waals surface area contributed by atoms with Crippen LogP contribution in [0.2, 0.25) is 0 Å². The van der Waals surface area contributed by atoms with E-state index in [1.54, 1.807) is 0 Å². The summed E-state index contributed by atoms with van der Waals surface area (Å²) in [5, 5.41) is 4.50.